The number of fused-ring (bicyclic) bond motifs is 1. The molecule has 0 bridgehead atoms. The quantitative estimate of drug-likeness (QED) is 0.311. The number of furan rings is 1. The number of alkyl halides is 1. The number of nitrogens with one attached hydrogen (secondary N) is 1. The van der Waals surface area contributed by atoms with E-state index in [0.717, 1.165) is 10.0 Å². The van der Waals surface area contributed by atoms with E-state index in [1.807, 2.05) is 36.4 Å². The van der Waals surface area contributed by atoms with E-state index in [-0.39, 0.29) is 29.8 Å². The first-order valence-corrected chi connectivity index (χ1v) is 9.26. The zero-order valence-electron chi connectivity index (χ0n) is 13.7. The minimum atomic E-state index is -0.331. The smallest absolute Gasteiger partial charge is 0.225 e. The Hall–Kier alpha value is -2.37. The van der Waals surface area contributed by atoms with Crippen LogP contribution in [0.1, 0.15) is 22.5 Å². The normalized spacial score (nSPS) is 11.2. The van der Waals surface area contributed by atoms with Crippen LogP contribution in [0.3, 0.4) is 0 Å². The monoisotopic (exact) mass is 431 g/mol. The van der Waals surface area contributed by atoms with Crippen LogP contribution in [0.15, 0.2) is 63.5 Å². The highest BCUT2D eigenvalue weighted by Crippen LogP contribution is 2.33. The maximum Gasteiger partial charge on any atom is 0.225 e. The van der Waals surface area contributed by atoms with Crippen LogP contribution in [0.5, 0.6) is 0 Å². The molecule has 0 saturated carbocycles. The van der Waals surface area contributed by atoms with Gasteiger partial charge in [0, 0.05) is 22.2 Å². The fourth-order valence-electron chi connectivity index (χ4n) is 2.47. The van der Waals surface area contributed by atoms with Crippen LogP contribution in [-0.4, -0.2) is 17.6 Å². The van der Waals surface area contributed by atoms with E-state index in [4.69, 9.17) is 16.0 Å². The van der Waals surface area contributed by atoms with E-state index in [9.17, 15) is 9.59 Å². The number of rotatable bonds is 6. The highest BCUT2D eigenvalue weighted by atomic mass is 79.9. The summed E-state index contributed by atoms with van der Waals surface area (Å²) in [5.74, 6) is -0.318. The number of ketones is 1. The predicted molar refractivity (Wildman–Crippen MR) is 108 cm³/mol. The van der Waals surface area contributed by atoms with Gasteiger partial charge in [0.1, 0.15) is 5.58 Å². The SMILES string of the molecule is O=C(CCCl)Nc1c(C(=O)C=Cc2ccccc2)oc2ccc(Br)cc12. The van der Waals surface area contributed by atoms with Gasteiger partial charge in [-0.3, -0.25) is 9.59 Å². The number of carbonyl (C=O) groups excluding carboxylic acids is 2. The summed E-state index contributed by atoms with van der Waals surface area (Å²) in [4.78, 5) is 24.7. The number of halogens is 2. The highest BCUT2D eigenvalue weighted by molar-refractivity contribution is 9.10. The zero-order chi connectivity index (χ0) is 18.5. The molecule has 4 nitrogen and oxygen atoms in total. The van der Waals surface area contributed by atoms with E-state index in [1.54, 1.807) is 18.2 Å². The second-order valence-corrected chi connectivity index (χ2v) is 6.84. The Balaban J connectivity index is 1.99. The van der Waals surface area contributed by atoms with E-state index in [1.165, 1.54) is 6.08 Å². The molecule has 1 amide bonds. The molecule has 0 fully saturated rings. The summed E-state index contributed by atoms with van der Waals surface area (Å²) >= 11 is 9.03. The number of amides is 1. The first-order chi connectivity index (χ1) is 12.6. The third-order valence-corrected chi connectivity index (χ3v) is 4.37. The van der Waals surface area contributed by atoms with Crippen molar-refractivity contribution in [3.63, 3.8) is 0 Å². The first-order valence-electron chi connectivity index (χ1n) is 7.94. The number of carbonyl (C=O) groups is 2. The fourth-order valence-corrected chi connectivity index (χ4v) is 3.00. The van der Waals surface area contributed by atoms with Crippen molar-refractivity contribution in [3.05, 3.63) is 70.4 Å². The molecule has 0 saturated heterocycles. The molecular weight excluding hydrogens is 418 g/mol. The Bertz CT molecular complexity index is 979. The molecule has 1 N–H and O–H groups in total. The average molecular weight is 433 g/mol. The van der Waals surface area contributed by atoms with Crippen molar-refractivity contribution < 1.29 is 14.0 Å². The van der Waals surface area contributed by atoms with Crippen LogP contribution in [0.25, 0.3) is 17.0 Å². The number of anilines is 1. The predicted octanol–water partition coefficient (Wildman–Crippen LogP) is 5.66. The number of benzene rings is 2. The summed E-state index contributed by atoms with van der Waals surface area (Å²) in [5, 5.41) is 3.40. The summed E-state index contributed by atoms with van der Waals surface area (Å²) in [6.45, 7) is 0. The van der Waals surface area contributed by atoms with E-state index in [2.05, 4.69) is 21.2 Å². The zero-order valence-corrected chi connectivity index (χ0v) is 16.0. The lowest BCUT2D eigenvalue weighted by Gasteiger charge is -2.04. The van der Waals surface area contributed by atoms with Crippen molar-refractivity contribution in [3.8, 4) is 0 Å². The van der Waals surface area contributed by atoms with Crippen molar-refractivity contribution in [1.82, 2.24) is 0 Å². The van der Waals surface area contributed by atoms with Crippen molar-refractivity contribution in [1.29, 1.82) is 0 Å². The lowest BCUT2D eigenvalue weighted by atomic mass is 10.1. The minimum absolute atomic E-state index is 0.0909. The maximum atomic E-state index is 12.7. The van der Waals surface area contributed by atoms with E-state index >= 15 is 0 Å². The van der Waals surface area contributed by atoms with Gasteiger partial charge in [-0.05, 0) is 29.8 Å². The van der Waals surface area contributed by atoms with Gasteiger partial charge in [0.05, 0.1) is 5.69 Å². The van der Waals surface area contributed by atoms with Crippen molar-refractivity contribution >= 4 is 62.0 Å². The molecule has 132 valence electrons. The van der Waals surface area contributed by atoms with Crippen molar-refractivity contribution in [2.75, 3.05) is 11.2 Å². The molecule has 0 aliphatic heterocycles. The summed E-state index contributed by atoms with van der Waals surface area (Å²) in [7, 11) is 0. The third kappa shape index (κ3) is 4.23. The molecule has 6 heteroatoms. The second kappa shape index (κ2) is 8.34. The largest absolute Gasteiger partial charge is 0.450 e. The van der Waals surface area contributed by atoms with Crippen molar-refractivity contribution in [2.24, 2.45) is 0 Å². The van der Waals surface area contributed by atoms with Gasteiger partial charge in [0.2, 0.25) is 11.7 Å². The van der Waals surface area contributed by atoms with Gasteiger partial charge < -0.3 is 9.73 Å². The molecule has 3 aromatic rings. The van der Waals surface area contributed by atoms with Crippen LogP contribution in [0.2, 0.25) is 0 Å². The van der Waals surface area contributed by atoms with Gasteiger partial charge >= 0.3 is 0 Å². The van der Waals surface area contributed by atoms with Crippen molar-refractivity contribution in [2.45, 2.75) is 6.42 Å². The maximum absolute atomic E-state index is 12.7. The molecule has 0 unspecified atom stereocenters. The standard InChI is InChI=1S/C20H15BrClNO3/c21-14-7-9-17-15(12-14)19(23-18(25)10-11-22)20(26-17)16(24)8-6-13-4-2-1-3-5-13/h1-9,12H,10-11H2,(H,23,25). The molecule has 1 aromatic heterocycles. The van der Waals surface area contributed by atoms with Gasteiger partial charge in [-0.25, -0.2) is 0 Å². The molecule has 0 aliphatic rings. The van der Waals surface area contributed by atoms with Gasteiger partial charge in [0.15, 0.2) is 5.76 Å². The Morgan fingerprint density at radius 1 is 1.15 bits per heavy atom. The molecule has 2 aromatic carbocycles. The van der Waals surface area contributed by atoms with Crippen LogP contribution in [-0.2, 0) is 4.79 Å². The molecule has 0 aliphatic carbocycles. The van der Waals surface area contributed by atoms with Gasteiger partial charge in [-0.15, -0.1) is 11.6 Å². The summed E-state index contributed by atoms with van der Waals surface area (Å²) in [5.41, 5.74) is 1.78. The highest BCUT2D eigenvalue weighted by Gasteiger charge is 2.21. The minimum Gasteiger partial charge on any atom is -0.450 e. The summed E-state index contributed by atoms with van der Waals surface area (Å²) in [6, 6.07) is 14.8. The van der Waals surface area contributed by atoms with E-state index < -0.39 is 0 Å². The van der Waals surface area contributed by atoms with Crippen LogP contribution >= 0.6 is 27.5 Å². The Labute approximate surface area is 164 Å². The molecule has 0 radical (unpaired) electrons. The number of hydrogen-bond acceptors (Lipinski definition) is 3. The Kier molecular flexibility index (Phi) is 5.91. The van der Waals surface area contributed by atoms with Gasteiger partial charge in [0.25, 0.3) is 0 Å². The molecular formula is C20H15BrClNO3. The lowest BCUT2D eigenvalue weighted by Crippen LogP contribution is -2.13. The molecule has 26 heavy (non-hydrogen) atoms. The first kappa shape index (κ1) is 18.4. The average Bonchev–Trinajstić information content (AvgIpc) is 2.98. The fraction of sp³-hybridized carbons (Fsp3) is 0.100. The van der Waals surface area contributed by atoms with Crippen LogP contribution in [0.4, 0.5) is 5.69 Å². The van der Waals surface area contributed by atoms with Crippen LogP contribution in [0, 0.1) is 0 Å². The summed E-state index contributed by atoms with van der Waals surface area (Å²) < 4.78 is 6.53. The Morgan fingerprint density at radius 3 is 2.65 bits per heavy atom. The number of allylic oxidation sites excluding steroid dienone is 1. The van der Waals surface area contributed by atoms with Gasteiger partial charge in [-0.1, -0.05) is 52.3 Å². The Morgan fingerprint density at radius 2 is 1.92 bits per heavy atom. The lowest BCUT2D eigenvalue weighted by molar-refractivity contribution is -0.115. The summed E-state index contributed by atoms with van der Waals surface area (Å²) in [6.07, 6.45) is 3.28. The molecule has 3 rings (SSSR count). The second-order valence-electron chi connectivity index (χ2n) is 5.54. The third-order valence-electron chi connectivity index (χ3n) is 3.69. The molecule has 1 heterocycles. The number of hydrogen-bond donors (Lipinski definition) is 1. The molecule has 0 spiro atoms. The van der Waals surface area contributed by atoms with E-state index in [0.29, 0.717) is 16.7 Å². The molecule has 0 atom stereocenters. The van der Waals surface area contributed by atoms with Crippen LogP contribution < -0.4 is 5.32 Å². The van der Waals surface area contributed by atoms with Gasteiger partial charge in [-0.2, -0.15) is 0 Å². The topological polar surface area (TPSA) is 59.3 Å².